The largest absolute Gasteiger partial charge is 0.349 e. The van der Waals surface area contributed by atoms with Crippen LogP contribution in [0.2, 0.25) is 9.36 Å². The number of aromatic amines is 1. The summed E-state index contributed by atoms with van der Waals surface area (Å²) < 4.78 is 1.42. The van der Waals surface area contributed by atoms with Gasteiger partial charge in [-0.1, -0.05) is 47.5 Å². The average molecular weight is 380 g/mol. The standard InChI is InChI=1S/C17H15Cl2N3OS/c1-20-14-9-5-3-2-4-8(9)6-10(14)22-17(23)11-7-12-15(21-11)13(18)16(19)24-12/h2-5,7,10,14,20-21H,6H2,1H3,(H,22,23)/t10-,14-/m1/s1. The molecular weight excluding hydrogens is 365 g/mol. The van der Waals surface area contributed by atoms with E-state index in [9.17, 15) is 4.79 Å². The number of benzene rings is 1. The second-order valence-corrected chi connectivity index (χ2v) is 7.89. The Labute approximate surface area is 153 Å². The summed E-state index contributed by atoms with van der Waals surface area (Å²) >= 11 is 13.5. The molecule has 124 valence electrons. The van der Waals surface area contributed by atoms with E-state index in [-0.39, 0.29) is 18.0 Å². The fourth-order valence-electron chi connectivity index (χ4n) is 3.37. The van der Waals surface area contributed by atoms with Crippen LogP contribution in [-0.4, -0.2) is 24.0 Å². The van der Waals surface area contributed by atoms with E-state index in [4.69, 9.17) is 23.2 Å². The van der Waals surface area contributed by atoms with Gasteiger partial charge < -0.3 is 15.6 Å². The van der Waals surface area contributed by atoms with Crippen molar-refractivity contribution < 1.29 is 4.79 Å². The zero-order valence-electron chi connectivity index (χ0n) is 12.8. The first-order valence-corrected chi connectivity index (χ1v) is 9.18. The molecule has 1 aromatic carbocycles. The molecule has 1 amide bonds. The third-order valence-electron chi connectivity index (χ3n) is 4.48. The maximum absolute atomic E-state index is 12.6. The fourth-order valence-corrected chi connectivity index (χ4v) is 4.85. The van der Waals surface area contributed by atoms with Crippen LogP contribution in [0.25, 0.3) is 10.2 Å². The number of hydrogen-bond acceptors (Lipinski definition) is 3. The van der Waals surface area contributed by atoms with E-state index < -0.39 is 0 Å². The van der Waals surface area contributed by atoms with Crippen LogP contribution in [0.5, 0.6) is 0 Å². The maximum Gasteiger partial charge on any atom is 0.268 e. The summed E-state index contributed by atoms with van der Waals surface area (Å²) in [7, 11) is 1.91. The minimum absolute atomic E-state index is 0.0142. The molecule has 0 bridgehead atoms. The lowest BCUT2D eigenvalue weighted by atomic mass is 10.1. The van der Waals surface area contributed by atoms with Gasteiger partial charge in [-0.25, -0.2) is 0 Å². The normalized spacial score (nSPS) is 19.6. The third-order valence-corrected chi connectivity index (χ3v) is 6.41. The molecule has 24 heavy (non-hydrogen) atoms. The minimum Gasteiger partial charge on any atom is -0.349 e. The second-order valence-electron chi connectivity index (χ2n) is 5.86. The second kappa shape index (κ2) is 6.08. The van der Waals surface area contributed by atoms with Gasteiger partial charge in [0.25, 0.3) is 5.91 Å². The van der Waals surface area contributed by atoms with Crippen molar-refractivity contribution in [2.75, 3.05) is 7.05 Å². The molecule has 2 heterocycles. The molecule has 3 N–H and O–H groups in total. The van der Waals surface area contributed by atoms with Crippen molar-refractivity contribution in [2.45, 2.75) is 18.5 Å². The molecule has 0 fully saturated rings. The highest BCUT2D eigenvalue weighted by Crippen LogP contribution is 2.39. The van der Waals surface area contributed by atoms with Crippen molar-refractivity contribution >= 4 is 50.7 Å². The Morgan fingerprint density at radius 3 is 2.88 bits per heavy atom. The molecule has 0 unspecified atom stereocenters. The average Bonchev–Trinajstić information content (AvgIpc) is 3.21. The van der Waals surface area contributed by atoms with Crippen LogP contribution in [0, 0.1) is 0 Å². The van der Waals surface area contributed by atoms with Crippen molar-refractivity contribution in [3.8, 4) is 0 Å². The summed E-state index contributed by atoms with van der Waals surface area (Å²) in [6.07, 6.45) is 0.815. The number of H-pyrrole nitrogens is 1. The highest BCUT2D eigenvalue weighted by molar-refractivity contribution is 7.23. The van der Waals surface area contributed by atoms with Crippen LogP contribution in [0.1, 0.15) is 27.7 Å². The quantitative estimate of drug-likeness (QED) is 0.639. The molecule has 0 radical (unpaired) electrons. The van der Waals surface area contributed by atoms with Crippen molar-refractivity contribution in [1.29, 1.82) is 0 Å². The maximum atomic E-state index is 12.6. The van der Waals surface area contributed by atoms with Crippen LogP contribution in [0.3, 0.4) is 0 Å². The molecule has 0 saturated carbocycles. The Balaban J connectivity index is 1.57. The molecule has 4 rings (SSSR count). The van der Waals surface area contributed by atoms with E-state index in [1.807, 2.05) is 19.2 Å². The number of rotatable bonds is 3. The molecule has 4 nitrogen and oxygen atoms in total. The SMILES string of the molecule is CN[C@@H]1c2ccccc2C[C@H]1NC(=O)c1cc2sc(Cl)c(Cl)c2[nH]1. The van der Waals surface area contributed by atoms with Crippen LogP contribution in [0.4, 0.5) is 0 Å². The van der Waals surface area contributed by atoms with Crippen molar-refractivity contribution in [1.82, 2.24) is 15.6 Å². The Morgan fingerprint density at radius 1 is 1.33 bits per heavy atom. The Morgan fingerprint density at radius 2 is 2.12 bits per heavy atom. The molecule has 0 spiro atoms. The number of halogens is 2. The first kappa shape index (κ1) is 16.0. The van der Waals surface area contributed by atoms with E-state index in [1.54, 1.807) is 6.07 Å². The first-order valence-electron chi connectivity index (χ1n) is 7.61. The molecule has 0 saturated heterocycles. The van der Waals surface area contributed by atoms with E-state index >= 15 is 0 Å². The minimum atomic E-state index is -0.136. The van der Waals surface area contributed by atoms with Crippen LogP contribution >= 0.6 is 34.5 Å². The third kappa shape index (κ3) is 2.52. The predicted molar refractivity (Wildman–Crippen MR) is 99.4 cm³/mol. The molecule has 7 heteroatoms. The van der Waals surface area contributed by atoms with E-state index in [0.717, 1.165) is 16.6 Å². The van der Waals surface area contributed by atoms with Crippen LogP contribution in [-0.2, 0) is 6.42 Å². The summed E-state index contributed by atoms with van der Waals surface area (Å²) in [4.78, 5) is 15.7. The predicted octanol–water partition coefficient (Wildman–Crippen LogP) is 4.15. The van der Waals surface area contributed by atoms with Crippen molar-refractivity contribution in [3.05, 3.63) is 56.5 Å². The van der Waals surface area contributed by atoms with Crippen molar-refractivity contribution in [3.63, 3.8) is 0 Å². The molecule has 2 atom stereocenters. The number of fused-ring (bicyclic) bond motifs is 2. The number of nitrogens with one attached hydrogen (secondary N) is 3. The number of hydrogen-bond donors (Lipinski definition) is 3. The van der Waals surface area contributed by atoms with E-state index in [0.29, 0.717) is 15.1 Å². The zero-order valence-corrected chi connectivity index (χ0v) is 15.1. The molecule has 3 aromatic rings. The van der Waals surface area contributed by atoms with Gasteiger partial charge in [0.15, 0.2) is 0 Å². The van der Waals surface area contributed by atoms with E-state index in [2.05, 4.69) is 27.8 Å². The van der Waals surface area contributed by atoms with Gasteiger partial charge in [-0.2, -0.15) is 0 Å². The lowest BCUT2D eigenvalue weighted by Crippen LogP contribution is -2.41. The zero-order chi connectivity index (χ0) is 16.8. The fraction of sp³-hybridized carbons (Fsp3) is 0.235. The number of carbonyl (C=O) groups is 1. The number of thiophene rings is 1. The molecule has 0 aliphatic heterocycles. The molecular formula is C17H15Cl2N3OS. The van der Waals surface area contributed by atoms with Gasteiger partial charge >= 0.3 is 0 Å². The van der Waals surface area contributed by atoms with Crippen LogP contribution < -0.4 is 10.6 Å². The number of amides is 1. The van der Waals surface area contributed by atoms with Gasteiger partial charge in [0.05, 0.1) is 27.3 Å². The lowest BCUT2D eigenvalue weighted by molar-refractivity contribution is 0.0926. The molecule has 2 aromatic heterocycles. The van der Waals surface area contributed by atoms with Gasteiger partial charge in [-0.15, -0.1) is 11.3 Å². The van der Waals surface area contributed by atoms with Gasteiger partial charge in [0, 0.05) is 0 Å². The Hall–Kier alpha value is -1.53. The number of likely N-dealkylation sites (N-methyl/N-ethyl adjacent to an activating group) is 1. The Bertz CT molecular complexity index is 933. The monoisotopic (exact) mass is 379 g/mol. The summed E-state index contributed by atoms with van der Waals surface area (Å²) in [5, 5.41) is 6.90. The lowest BCUT2D eigenvalue weighted by Gasteiger charge is -2.21. The van der Waals surface area contributed by atoms with Gasteiger partial charge in [0.1, 0.15) is 10.0 Å². The smallest absolute Gasteiger partial charge is 0.268 e. The summed E-state index contributed by atoms with van der Waals surface area (Å²) in [6.45, 7) is 0. The first-order chi connectivity index (χ1) is 11.6. The number of aromatic nitrogens is 1. The van der Waals surface area contributed by atoms with Crippen molar-refractivity contribution in [2.24, 2.45) is 0 Å². The summed E-state index contributed by atoms with van der Waals surface area (Å²) in [6, 6.07) is 10.2. The van der Waals surface area contributed by atoms with Gasteiger partial charge in [-0.3, -0.25) is 4.79 Å². The molecule has 1 aliphatic carbocycles. The van der Waals surface area contributed by atoms with Gasteiger partial charge in [0.2, 0.25) is 0 Å². The van der Waals surface area contributed by atoms with E-state index in [1.165, 1.54) is 22.5 Å². The highest BCUT2D eigenvalue weighted by atomic mass is 35.5. The summed E-state index contributed by atoms with van der Waals surface area (Å²) in [5.41, 5.74) is 3.73. The molecule has 1 aliphatic rings. The van der Waals surface area contributed by atoms with Gasteiger partial charge in [-0.05, 0) is 30.7 Å². The van der Waals surface area contributed by atoms with Crippen LogP contribution in [0.15, 0.2) is 30.3 Å². The Kier molecular flexibility index (Phi) is 4.04. The topological polar surface area (TPSA) is 56.9 Å². The number of carbonyl (C=O) groups excluding carboxylic acids is 1. The summed E-state index contributed by atoms with van der Waals surface area (Å²) in [5.74, 6) is -0.136. The highest BCUT2D eigenvalue weighted by Gasteiger charge is 2.32.